The van der Waals surface area contributed by atoms with Gasteiger partial charge in [0.25, 0.3) is 0 Å². The number of aromatic nitrogens is 5. The summed E-state index contributed by atoms with van der Waals surface area (Å²) >= 11 is 6.20. The Morgan fingerprint density at radius 1 is 1.04 bits per heavy atom. The van der Waals surface area contributed by atoms with E-state index < -0.39 is 6.03 Å². The number of benzene rings is 1. The van der Waals surface area contributed by atoms with Gasteiger partial charge in [0.05, 0.1) is 41.2 Å². The maximum atomic E-state index is 12.3. The molecule has 0 aliphatic carbocycles. The van der Waals surface area contributed by atoms with Crippen molar-refractivity contribution in [1.29, 1.82) is 0 Å². The predicted molar refractivity (Wildman–Crippen MR) is 98.5 cm³/mol. The minimum atomic E-state index is -0.425. The molecule has 26 heavy (non-hydrogen) atoms. The van der Waals surface area contributed by atoms with Crippen LogP contribution in [0.1, 0.15) is 0 Å². The van der Waals surface area contributed by atoms with Crippen LogP contribution >= 0.6 is 11.6 Å². The predicted octanol–water partition coefficient (Wildman–Crippen LogP) is 3.51. The van der Waals surface area contributed by atoms with Crippen molar-refractivity contribution in [3.8, 4) is 5.82 Å². The van der Waals surface area contributed by atoms with E-state index in [0.29, 0.717) is 22.2 Å². The van der Waals surface area contributed by atoms with Gasteiger partial charge in [-0.05, 0) is 6.07 Å². The first-order chi connectivity index (χ1) is 12.7. The second-order valence-corrected chi connectivity index (χ2v) is 5.74. The van der Waals surface area contributed by atoms with Gasteiger partial charge in [-0.2, -0.15) is 10.2 Å². The fraction of sp³-hybridized carbons (Fsp3) is 0. The van der Waals surface area contributed by atoms with Crippen molar-refractivity contribution in [1.82, 2.24) is 25.0 Å². The number of anilines is 2. The zero-order valence-electron chi connectivity index (χ0n) is 13.3. The van der Waals surface area contributed by atoms with Gasteiger partial charge in [0.15, 0.2) is 5.82 Å². The van der Waals surface area contributed by atoms with Crippen LogP contribution in [0.2, 0.25) is 5.02 Å². The van der Waals surface area contributed by atoms with E-state index in [9.17, 15) is 4.79 Å². The van der Waals surface area contributed by atoms with Gasteiger partial charge < -0.3 is 10.6 Å². The number of carbonyl (C=O) groups excluding carboxylic acids is 1. The highest BCUT2D eigenvalue weighted by atomic mass is 35.5. The Morgan fingerprint density at radius 3 is 2.65 bits per heavy atom. The maximum absolute atomic E-state index is 12.3. The second kappa shape index (κ2) is 6.77. The lowest BCUT2D eigenvalue weighted by atomic mass is 10.1. The molecular formula is C17H12ClN7O. The molecule has 3 aromatic heterocycles. The van der Waals surface area contributed by atoms with Crippen molar-refractivity contribution in [3.63, 3.8) is 0 Å². The molecule has 0 fully saturated rings. The van der Waals surface area contributed by atoms with Crippen molar-refractivity contribution in [2.75, 3.05) is 10.6 Å². The molecule has 0 aliphatic heterocycles. The monoisotopic (exact) mass is 365 g/mol. The number of nitrogens with one attached hydrogen (secondary N) is 2. The van der Waals surface area contributed by atoms with Crippen molar-refractivity contribution >= 4 is 39.8 Å². The number of hydrogen-bond donors (Lipinski definition) is 2. The standard InChI is InChI=1S/C17H12ClN7O/c18-14-7-12(9-20-16(14)25-21-5-6-22-25)23-17(26)24-15-10-19-8-11-3-1-2-4-13(11)15/h1-10H,(H2,23,24,26). The number of fused-ring (bicyclic) bond motifs is 1. The van der Waals surface area contributed by atoms with E-state index in [2.05, 4.69) is 30.8 Å². The Kier molecular flexibility index (Phi) is 4.16. The Balaban J connectivity index is 1.52. The minimum Gasteiger partial charge on any atom is -0.306 e. The largest absolute Gasteiger partial charge is 0.323 e. The van der Waals surface area contributed by atoms with Crippen LogP contribution in [-0.2, 0) is 0 Å². The normalized spacial score (nSPS) is 10.7. The average molecular weight is 366 g/mol. The summed E-state index contributed by atoms with van der Waals surface area (Å²) in [5.74, 6) is 0.376. The molecule has 0 aliphatic rings. The zero-order chi connectivity index (χ0) is 17.9. The zero-order valence-corrected chi connectivity index (χ0v) is 14.1. The summed E-state index contributed by atoms with van der Waals surface area (Å²) < 4.78 is 0. The first-order valence-electron chi connectivity index (χ1n) is 7.64. The van der Waals surface area contributed by atoms with Crippen molar-refractivity contribution in [2.24, 2.45) is 0 Å². The average Bonchev–Trinajstić information content (AvgIpc) is 3.16. The molecule has 0 saturated heterocycles. The molecular weight excluding hydrogens is 354 g/mol. The highest BCUT2D eigenvalue weighted by molar-refractivity contribution is 6.32. The number of nitrogens with zero attached hydrogens (tertiary/aromatic N) is 5. The van der Waals surface area contributed by atoms with E-state index in [4.69, 9.17) is 11.6 Å². The Hall–Kier alpha value is -3.52. The lowest BCUT2D eigenvalue weighted by Crippen LogP contribution is -2.20. The van der Waals surface area contributed by atoms with Crippen LogP contribution in [0.15, 0.2) is 61.3 Å². The minimum absolute atomic E-state index is 0.311. The molecule has 128 valence electrons. The SMILES string of the molecule is O=C(Nc1cnc(-n2nccn2)c(Cl)c1)Nc1cncc2ccccc12. The van der Waals surface area contributed by atoms with E-state index in [-0.39, 0.29) is 0 Å². The Morgan fingerprint density at radius 2 is 1.85 bits per heavy atom. The lowest BCUT2D eigenvalue weighted by molar-refractivity contribution is 0.262. The van der Waals surface area contributed by atoms with Gasteiger partial charge in [0, 0.05) is 17.0 Å². The molecule has 3 heterocycles. The summed E-state index contributed by atoms with van der Waals surface area (Å²) in [6.45, 7) is 0. The summed E-state index contributed by atoms with van der Waals surface area (Å²) in [5, 5.41) is 15.6. The van der Waals surface area contributed by atoms with E-state index in [1.54, 1.807) is 18.5 Å². The summed E-state index contributed by atoms with van der Waals surface area (Å²) in [4.78, 5) is 21.9. The van der Waals surface area contributed by atoms with Gasteiger partial charge in [-0.3, -0.25) is 4.98 Å². The molecule has 0 atom stereocenters. The van der Waals surface area contributed by atoms with Crippen LogP contribution in [0, 0.1) is 0 Å². The van der Waals surface area contributed by atoms with Crippen LogP contribution in [-0.4, -0.2) is 31.0 Å². The first-order valence-corrected chi connectivity index (χ1v) is 8.01. The first kappa shape index (κ1) is 16.0. The fourth-order valence-electron chi connectivity index (χ4n) is 2.47. The smallest absolute Gasteiger partial charge is 0.306 e. The van der Waals surface area contributed by atoms with Gasteiger partial charge in [0.1, 0.15) is 0 Å². The summed E-state index contributed by atoms with van der Waals surface area (Å²) in [6.07, 6.45) is 7.86. The van der Waals surface area contributed by atoms with E-state index in [1.807, 2.05) is 24.3 Å². The van der Waals surface area contributed by atoms with Crippen molar-refractivity contribution in [2.45, 2.75) is 0 Å². The quantitative estimate of drug-likeness (QED) is 0.579. The molecule has 0 saturated carbocycles. The van der Waals surface area contributed by atoms with Gasteiger partial charge in [-0.15, -0.1) is 4.80 Å². The lowest BCUT2D eigenvalue weighted by Gasteiger charge is -2.10. The van der Waals surface area contributed by atoms with Gasteiger partial charge >= 0.3 is 6.03 Å². The molecule has 0 radical (unpaired) electrons. The fourth-order valence-corrected chi connectivity index (χ4v) is 2.71. The molecule has 0 bridgehead atoms. The number of hydrogen-bond acceptors (Lipinski definition) is 5. The Labute approximate surface area is 152 Å². The van der Waals surface area contributed by atoms with Crippen LogP contribution in [0.4, 0.5) is 16.2 Å². The van der Waals surface area contributed by atoms with E-state index in [0.717, 1.165) is 10.8 Å². The highest BCUT2D eigenvalue weighted by Crippen LogP contribution is 2.23. The van der Waals surface area contributed by atoms with Gasteiger partial charge in [-0.25, -0.2) is 9.78 Å². The number of rotatable bonds is 3. The summed E-state index contributed by atoms with van der Waals surface area (Å²) in [6, 6.07) is 8.81. The van der Waals surface area contributed by atoms with Crippen molar-refractivity contribution < 1.29 is 4.79 Å². The van der Waals surface area contributed by atoms with Gasteiger partial charge in [0.2, 0.25) is 0 Å². The molecule has 8 nitrogen and oxygen atoms in total. The van der Waals surface area contributed by atoms with Crippen LogP contribution in [0.5, 0.6) is 0 Å². The van der Waals surface area contributed by atoms with Crippen LogP contribution in [0.25, 0.3) is 16.6 Å². The van der Waals surface area contributed by atoms with Gasteiger partial charge in [-0.1, -0.05) is 35.9 Å². The second-order valence-electron chi connectivity index (χ2n) is 5.34. The van der Waals surface area contributed by atoms with Crippen molar-refractivity contribution in [3.05, 3.63) is 66.3 Å². The molecule has 2 amide bonds. The number of pyridine rings is 2. The third kappa shape index (κ3) is 3.17. The third-order valence-electron chi connectivity index (χ3n) is 3.60. The topological polar surface area (TPSA) is 97.6 Å². The molecule has 0 spiro atoms. The molecule has 0 unspecified atom stereocenters. The van der Waals surface area contributed by atoms with Crippen LogP contribution in [0.3, 0.4) is 0 Å². The Bertz CT molecular complexity index is 1080. The third-order valence-corrected chi connectivity index (χ3v) is 3.88. The highest BCUT2D eigenvalue weighted by Gasteiger charge is 2.10. The molecule has 4 rings (SSSR count). The number of carbonyl (C=O) groups is 1. The number of halogens is 1. The molecule has 2 N–H and O–H groups in total. The summed E-state index contributed by atoms with van der Waals surface area (Å²) in [5.41, 5.74) is 1.05. The number of amides is 2. The van der Waals surface area contributed by atoms with E-state index >= 15 is 0 Å². The molecule has 1 aromatic carbocycles. The molecule has 4 aromatic rings. The number of urea groups is 1. The van der Waals surface area contributed by atoms with Crippen LogP contribution < -0.4 is 10.6 Å². The summed E-state index contributed by atoms with van der Waals surface area (Å²) in [7, 11) is 0. The van der Waals surface area contributed by atoms with E-state index in [1.165, 1.54) is 23.4 Å². The molecule has 9 heteroatoms. The maximum Gasteiger partial charge on any atom is 0.323 e.